The molecule has 0 saturated heterocycles. The summed E-state index contributed by atoms with van der Waals surface area (Å²) in [5.74, 6) is -0.934. The Kier molecular flexibility index (Phi) is 2.87. The molecule has 0 amide bonds. The van der Waals surface area contributed by atoms with Gasteiger partial charge in [0.05, 0.1) is 6.54 Å². The fourth-order valence-electron chi connectivity index (χ4n) is 1.34. The van der Waals surface area contributed by atoms with Crippen LogP contribution in [0.15, 0.2) is 41.3 Å². The predicted octanol–water partition coefficient (Wildman–Crippen LogP) is 1.66. The molecule has 0 bridgehead atoms. The minimum atomic E-state index is -0.934. The first-order chi connectivity index (χ1) is 7.66. The van der Waals surface area contributed by atoms with Crippen LogP contribution in [0, 0.1) is 0 Å². The van der Waals surface area contributed by atoms with Gasteiger partial charge in [-0.25, -0.2) is 4.79 Å². The molecule has 2 rings (SSSR count). The van der Waals surface area contributed by atoms with E-state index in [0.29, 0.717) is 11.4 Å². The van der Waals surface area contributed by atoms with E-state index in [4.69, 9.17) is 5.11 Å². The Morgan fingerprint density at radius 2 is 2.12 bits per heavy atom. The molecule has 2 aromatic rings. The Labute approximate surface area is 95.4 Å². The van der Waals surface area contributed by atoms with E-state index in [-0.39, 0.29) is 5.56 Å². The Morgan fingerprint density at radius 1 is 1.31 bits per heavy atom. The fourth-order valence-corrected chi connectivity index (χ4v) is 2.18. The zero-order valence-electron chi connectivity index (χ0n) is 8.29. The minimum absolute atomic E-state index is 0.0900. The number of carboxylic acid groups (broad SMARTS) is 1. The molecule has 4 nitrogen and oxygen atoms in total. The molecule has 5 heteroatoms. The monoisotopic (exact) mass is 235 g/mol. The molecule has 0 aliphatic rings. The summed E-state index contributed by atoms with van der Waals surface area (Å²) in [5.41, 5.74) is -0.0900. The first-order valence-corrected chi connectivity index (χ1v) is 5.46. The molecular weight excluding hydrogens is 226 g/mol. The van der Waals surface area contributed by atoms with Crippen LogP contribution in [-0.2, 0) is 6.54 Å². The van der Waals surface area contributed by atoms with Crippen molar-refractivity contribution in [3.8, 4) is 0 Å². The van der Waals surface area contributed by atoms with Gasteiger partial charge in [-0.15, -0.1) is 11.3 Å². The molecule has 0 radical (unpaired) electrons. The lowest BCUT2D eigenvalue weighted by molar-refractivity contribution is 0.0702. The second kappa shape index (κ2) is 4.32. The topological polar surface area (TPSA) is 59.3 Å². The van der Waals surface area contributed by atoms with Gasteiger partial charge in [0.15, 0.2) is 0 Å². The van der Waals surface area contributed by atoms with Crippen molar-refractivity contribution in [2.75, 3.05) is 0 Å². The van der Waals surface area contributed by atoms with Crippen molar-refractivity contribution in [3.05, 3.63) is 56.6 Å². The lowest BCUT2D eigenvalue weighted by Gasteiger charge is -2.01. The SMILES string of the molecule is O=C(O)c1ccc(Cn2ccccc2=O)s1. The third kappa shape index (κ3) is 2.20. The Hall–Kier alpha value is -1.88. The second-order valence-corrected chi connectivity index (χ2v) is 4.41. The van der Waals surface area contributed by atoms with Crippen LogP contribution < -0.4 is 5.56 Å². The van der Waals surface area contributed by atoms with Crippen LogP contribution in [0.3, 0.4) is 0 Å². The van der Waals surface area contributed by atoms with Crippen LogP contribution in [0.1, 0.15) is 14.5 Å². The van der Waals surface area contributed by atoms with E-state index in [2.05, 4.69) is 0 Å². The van der Waals surface area contributed by atoms with E-state index < -0.39 is 5.97 Å². The molecule has 2 aromatic heterocycles. The number of carboxylic acids is 1. The number of hydrogen-bond donors (Lipinski definition) is 1. The van der Waals surface area contributed by atoms with Gasteiger partial charge in [0.25, 0.3) is 5.56 Å². The number of hydrogen-bond acceptors (Lipinski definition) is 3. The summed E-state index contributed by atoms with van der Waals surface area (Å²) in [5, 5.41) is 8.76. The molecule has 0 aromatic carbocycles. The van der Waals surface area contributed by atoms with Gasteiger partial charge < -0.3 is 9.67 Å². The van der Waals surface area contributed by atoms with E-state index in [0.717, 1.165) is 4.88 Å². The fraction of sp³-hybridized carbons (Fsp3) is 0.0909. The summed E-state index contributed by atoms with van der Waals surface area (Å²) in [6.07, 6.45) is 1.68. The standard InChI is InChI=1S/C11H9NO3S/c13-10-3-1-2-6-12(10)7-8-4-5-9(16-8)11(14)15/h1-6H,7H2,(H,14,15). The maximum absolute atomic E-state index is 11.4. The molecule has 0 atom stereocenters. The number of rotatable bonds is 3. The molecule has 2 heterocycles. The normalized spacial score (nSPS) is 10.2. The van der Waals surface area contributed by atoms with Gasteiger partial charge in [0.1, 0.15) is 4.88 Å². The third-order valence-corrected chi connectivity index (χ3v) is 3.16. The molecule has 0 aliphatic heterocycles. The van der Waals surface area contributed by atoms with Gasteiger partial charge >= 0.3 is 5.97 Å². The van der Waals surface area contributed by atoms with Crippen LogP contribution >= 0.6 is 11.3 Å². The number of carbonyl (C=O) groups is 1. The molecule has 0 saturated carbocycles. The molecule has 0 fully saturated rings. The lowest BCUT2D eigenvalue weighted by Crippen LogP contribution is -2.17. The first-order valence-electron chi connectivity index (χ1n) is 4.64. The maximum Gasteiger partial charge on any atom is 0.345 e. The van der Waals surface area contributed by atoms with Crippen molar-refractivity contribution < 1.29 is 9.90 Å². The molecular formula is C11H9NO3S. The summed E-state index contributed by atoms with van der Waals surface area (Å²) < 4.78 is 1.54. The summed E-state index contributed by atoms with van der Waals surface area (Å²) >= 11 is 1.19. The summed E-state index contributed by atoms with van der Waals surface area (Å²) in [7, 11) is 0. The van der Waals surface area contributed by atoms with Crippen molar-refractivity contribution in [2.24, 2.45) is 0 Å². The Morgan fingerprint density at radius 3 is 2.75 bits per heavy atom. The van der Waals surface area contributed by atoms with Crippen LogP contribution in [0.4, 0.5) is 0 Å². The summed E-state index contributed by atoms with van der Waals surface area (Å²) in [6, 6.07) is 8.21. The Bertz CT molecular complexity index is 570. The molecule has 0 unspecified atom stereocenters. The van der Waals surface area contributed by atoms with Crippen molar-refractivity contribution in [2.45, 2.75) is 6.54 Å². The Balaban J connectivity index is 2.24. The van der Waals surface area contributed by atoms with Gasteiger partial charge in [0, 0.05) is 17.1 Å². The number of aromatic nitrogens is 1. The minimum Gasteiger partial charge on any atom is -0.477 e. The number of aromatic carboxylic acids is 1. The van der Waals surface area contributed by atoms with E-state index in [1.165, 1.54) is 22.0 Å². The van der Waals surface area contributed by atoms with Gasteiger partial charge in [-0.3, -0.25) is 4.79 Å². The van der Waals surface area contributed by atoms with Crippen molar-refractivity contribution in [1.29, 1.82) is 0 Å². The van der Waals surface area contributed by atoms with Crippen molar-refractivity contribution >= 4 is 17.3 Å². The highest BCUT2D eigenvalue weighted by molar-refractivity contribution is 7.13. The number of nitrogens with zero attached hydrogens (tertiary/aromatic N) is 1. The van der Waals surface area contributed by atoms with E-state index >= 15 is 0 Å². The second-order valence-electron chi connectivity index (χ2n) is 3.24. The zero-order valence-corrected chi connectivity index (χ0v) is 9.11. The van der Waals surface area contributed by atoms with Crippen LogP contribution in [-0.4, -0.2) is 15.6 Å². The average molecular weight is 235 g/mol. The average Bonchev–Trinajstić information content (AvgIpc) is 2.70. The summed E-state index contributed by atoms with van der Waals surface area (Å²) in [6.45, 7) is 0.414. The molecule has 82 valence electrons. The van der Waals surface area contributed by atoms with E-state index in [9.17, 15) is 9.59 Å². The highest BCUT2D eigenvalue weighted by Gasteiger charge is 2.07. The highest BCUT2D eigenvalue weighted by atomic mass is 32.1. The lowest BCUT2D eigenvalue weighted by atomic mass is 10.4. The quantitative estimate of drug-likeness (QED) is 0.880. The largest absolute Gasteiger partial charge is 0.477 e. The third-order valence-electron chi connectivity index (χ3n) is 2.10. The van der Waals surface area contributed by atoms with E-state index in [1.807, 2.05) is 0 Å². The zero-order chi connectivity index (χ0) is 11.5. The van der Waals surface area contributed by atoms with Gasteiger partial charge in [-0.1, -0.05) is 6.07 Å². The van der Waals surface area contributed by atoms with Crippen molar-refractivity contribution in [1.82, 2.24) is 4.57 Å². The number of pyridine rings is 1. The van der Waals surface area contributed by atoms with E-state index in [1.54, 1.807) is 30.5 Å². The molecule has 0 spiro atoms. The van der Waals surface area contributed by atoms with Gasteiger partial charge in [-0.05, 0) is 18.2 Å². The molecule has 1 N–H and O–H groups in total. The first kappa shape index (κ1) is 10.6. The summed E-state index contributed by atoms with van der Waals surface area (Å²) in [4.78, 5) is 23.2. The van der Waals surface area contributed by atoms with Crippen LogP contribution in [0.25, 0.3) is 0 Å². The molecule has 16 heavy (non-hydrogen) atoms. The van der Waals surface area contributed by atoms with Crippen LogP contribution in [0.2, 0.25) is 0 Å². The van der Waals surface area contributed by atoms with Crippen molar-refractivity contribution in [3.63, 3.8) is 0 Å². The van der Waals surface area contributed by atoms with Gasteiger partial charge in [-0.2, -0.15) is 0 Å². The van der Waals surface area contributed by atoms with Crippen LogP contribution in [0.5, 0.6) is 0 Å². The smallest absolute Gasteiger partial charge is 0.345 e. The highest BCUT2D eigenvalue weighted by Crippen LogP contribution is 2.16. The van der Waals surface area contributed by atoms with Gasteiger partial charge in [0.2, 0.25) is 0 Å². The predicted molar refractivity (Wildman–Crippen MR) is 61.1 cm³/mol. The molecule has 0 aliphatic carbocycles. The number of thiophene rings is 1. The maximum atomic E-state index is 11.4.